The summed E-state index contributed by atoms with van der Waals surface area (Å²) in [5.74, 6) is -0.635. The molecule has 1 saturated heterocycles. The molecule has 0 unspecified atom stereocenters. The Morgan fingerprint density at radius 2 is 2.05 bits per heavy atom. The maximum Gasteiger partial charge on any atom is 0.253 e. The maximum absolute atomic E-state index is 13.2. The van der Waals surface area contributed by atoms with E-state index in [4.69, 9.17) is 11.6 Å². The highest BCUT2D eigenvalue weighted by atomic mass is 127. The van der Waals surface area contributed by atoms with Crippen LogP contribution in [0.3, 0.4) is 0 Å². The molecule has 0 aromatic heterocycles. The third-order valence-corrected chi connectivity index (χ3v) is 4.07. The number of benzene rings is 1. The Kier molecular flexibility index (Phi) is 6.79. The van der Waals surface area contributed by atoms with Gasteiger partial charge in [-0.05, 0) is 60.7 Å². The Labute approximate surface area is 136 Å². The van der Waals surface area contributed by atoms with E-state index in [0.29, 0.717) is 9.13 Å². The normalized spacial score (nSPS) is 15.7. The van der Waals surface area contributed by atoms with Crippen molar-refractivity contribution in [2.75, 3.05) is 13.1 Å². The predicted octanol–water partition coefficient (Wildman–Crippen LogP) is 2.99. The summed E-state index contributed by atoms with van der Waals surface area (Å²) in [7, 11) is 0. The van der Waals surface area contributed by atoms with Gasteiger partial charge in [0.15, 0.2) is 0 Å². The summed E-state index contributed by atoms with van der Waals surface area (Å²) in [5.41, 5.74) is 0.334. The number of piperidine rings is 1. The number of hydrogen-bond acceptors (Lipinski definition) is 2. The van der Waals surface area contributed by atoms with Crippen LogP contribution in [0.5, 0.6) is 0 Å². The Hall–Kier alpha value is -0.110. The minimum atomic E-state index is -0.404. The van der Waals surface area contributed by atoms with Gasteiger partial charge in [-0.2, -0.15) is 0 Å². The van der Waals surface area contributed by atoms with Crippen molar-refractivity contribution >= 4 is 52.5 Å². The molecule has 106 valence electrons. The molecule has 19 heavy (non-hydrogen) atoms. The van der Waals surface area contributed by atoms with E-state index < -0.39 is 5.82 Å². The third kappa shape index (κ3) is 4.44. The summed E-state index contributed by atoms with van der Waals surface area (Å²) in [6.07, 6.45) is 1.81. The number of halogens is 4. The van der Waals surface area contributed by atoms with Crippen LogP contribution in [0.2, 0.25) is 5.02 Å². The molecule has 1 amide bonds. The van der Waals surface area contributed by atoms with Crippen LogP contribution in [-0.4, -0.2) is 25.0 Å². The van der Waals surface area contributed by atoms with E-state index in [0.717, 1.165) is 25.9 Å². The average molecular weight is 419 g/mol. The van der Waals surface area contributed by atoms with Crippen LogP contribution in [0.1, 0.15) is 23.2 Å². The molecule has 1 heterocycles. The van der Waals surface area contributed by atoms with E-state index in [1.807, 2.05) is 22.6 Å². The minimum absolute atomic E-state index is 0. The Balaban J connectivity index is 0.00000180. The van der Waals surface area contributed by atoms with Gasteiger partial charge in [-0.25, -0.2) is 4.39 Å². The molecular weight excluding hydrogens is 405 g/mol. The highest BCUT2D eigenvalue weighted by molar-refractivity contribution is 14.1. The molecule has 1 aromatic rings. The predicted molar refractivity (Wildman–Crippen MR) is 84.7 cm³/mol. The molecule has 0 spiro atoms. The minimum Gasteiger partial charge on any atom is -0.349 e. The van der Waals surface area contributed by atoms with Crippen molar-refractivity contribution in [3.05, 3.63) is 32.1 Å². The monoisotopic (exact) mass is 418 g/mol. The summed E-state index contributed by atoms with van der Waals surface area (Å²) >= 11 is 7.74. The molecule has 2 rings (SSSR count). The molecule has 1 aliphatic heterocycles. The second-order valence-electron chi connectivity index (χ2n) is 4.24. The van der Waals surface area contributed by atoms with Crippen LogP contribution < -0.4 is 10.6 Å². The van der Waals surface area contributed by atoms with Crippen LogP contribution >= 0.6 is 46.6 Å². The largest absolute Gasteiger partial charge is 0.349 e. The van der Waals surface area contributed by atoms with E-state index in [9.17, 15) is 9.18 Å². The average Bonchev–Trinajstić information content (AvgIpc) is 2.35. The molecule has 2 N–H and O–H groups in total. The lowest BCUT2D eigenvalue weighted by atomic mass is 10.1. The summed E-state index contributed by atoms with van der Waals surface area (Å²) in [6, 6.07) is 2.83. The van der Waals surface area contributed by atoms with Crippen LogP contribution in [0.4, 0.5) is 4.39 Å². The summed E-state index contributed by atoms with van der Waals surface area (Å²) in [5, 5.41) is 6.31. The Morgan fingerprint density at radius 3 is 2.68 bits per heavy atom. The second kappa shape index (κ2) is 7.61. The lowest BCUT2D eigenvalue weighted by Gasteiger charge is -2.23. The van der Waals surface area contributed by atoms with Crippen molar-refractivity contribution < 1.29 is 9.18 Å². The van der Waals surface area contributed by atoms with Gasteiger partial charge in [0.05, 0.1) is 10.6 Å². The van der Waals surface area contributed by atoms with Crippen molar-refractivity contribution in [1.82, 2.24) is 10.6 Å². The molecular formula is C12H14Cl2FIN2O. The molecule has 0 bridgehead atoms. The van der Waals surface area contributed by atoms with E-state index in [1.54, 1.807) is 0 Å². The SMILES string of the molecule is Cl.O=C(NC1CCNCC1)c1cc(I)c(F)cc1Cl. The first-order valence-corrected chi connectivity index (χ1v) is 7.19. The quantitative estimate of drug-likeness (QED) is 0.572. The number of nitrogens with one attached hydrogen (secondary N) is 2. The molecule has 1 aromatic carbocycles. The highest BCUT2D eigenvalue weighted by Crippen LogP contribution is 2.22. The summed E-state index contributed by atoms with van der Waals surface area (Å²) in [6.45, 7) is 1.80. The smallest absolute Gasteiger partial charge is 0.253 e. The van der Waals surface area contributed by atoms with Crippen LogP contribution in [-0.2, 0) is 0 Å². The summed E-state index contributed by atoms with van der Waals surface area (Å²) in [4.78, 5) is 12.1. The molecule has 7 heteroatoms. The van der Waals surface area contributed by atoms with Gasteiger partial charge in [0.1, 0.15) is 5.82 Å². The zero-order chi connectivity index (χ0) is 13.1. The molecule has 0 saturated carbocycles. The lowest BCUT2D eigenvalue weighted by molar-refractivity contribution is 0.0929. The number of rotatable bonds is 2. The first kappa shape index (κ1) is 16.9. The zero-order valence-corrected chi connectivity index (χ0v) is 13.7. The van der Waals surface area contributed by atoms with Gasteiger partial charge in [-0.3, -0.25) is 4.79 Å². The fourth-order valence-electron chi connectivity index (χ4n) is 1.93. The van der Waals surface area contributed by atoms with Gasteiger partial charge in [0.25, 0.3) is 5.91 Å². The molecule has 3 nitrogen and oxygen atoms in total. The molecule has 1 fully saturated rings. The lowest BCUT2D eigenvalue weighted by Crippen LogP contribution is -2.42. The molecule has 1 aliphatic rings. The fourth-order valence-corrected chi connectivity index (χ4v) is 2.63. The number of carbonyl (C=O) groups is 1. The van der Waals surface area contributed by atoms with Crippen LogP contribution in [0.25, 0.3) is 0 Å². The number of hydrogen-bond donors (Lipinski definition) is 2. The standard InChI is InChI=1S/C12H13ClFIN2O.ClH/c13-9-6-10(14)11(15)5-8(9)12(18)17-7-1-3-16-4-2-7;/h5-7,16H,1-4H2,(H,17,18);1H. The highest BCUT2D eigenvalue weighted by Gasteiger charge is 2.19. The number of carbonyl (C=O) groups excluding carboxylic acids is 1. The zero-order valence-electron chi connectivity index (χ0n) is 10.0. The van der Waals surface area contributed by atoms with Gasteiger partial charge in [0, 0.05) is 9.61 Å². The van der Waals surface area contributed by atoms with E-state index in [-0.39, 0.29) is 29.4 Å². The first-order valence-electron chi connectivity index (χ1n) is 5.74. The van der Waals surface area contributed by atoms with Crippen molar-refractivity contribution in [2.24, 2.45) is 0 Å². The number of amides is 1. The van der Waals surface area contributed by atoms with Crippen molar-refractivity contribution in [3.8, 4) is 0 Å². The van der Waals surface area contributed by atoms with Crippen molar-refractivity contribution in [3.63, 3.8) is 0 Å². The van der Waals surface area contributed by atoms with E-state index in [2.05, 4.69) is 10.6 Å². The van der Waals surface area contributed by atoms with Gasteiger partial charge < -0.3 is 10.6 Å². The van der Waals surface area contributed by atoms with E-state index >= 15 is 0 Å². The van der Waals surface area contributed by atoms with Gasteiger partial charge in [-0.1, -0.05) is 11.6 Å². The third-order valence-electron chi connectivity index (χ3n) is 2.93. The van der Waals surface area contributed by atoms with Crippen molar-refractivity contribution in [1.29, 1.82) is 0 Å². The van der Waals surface area contributed by atoms with Gasteiger partial charge in [-0.15, -0.1) is 12.4 Å². The molecule has 0 atom stereocenters. The van der Waals surface area contributed by atoms with Gasteiger partial charge >= 0.3 is 0 Å². The maximum atomic E-state index is 13.2. The van der Waals surface area contributed by atoms with Crippen LogP contribution in [0, 0.1) is 9.39 Å². The Morgan fingerprint density at radius 1 is 1.42 bits per heavy atom. The molecule has 0 aliphatic carbocycles. The van der Waals surface area contributed by atoms with Crippen molar-refractivity contribution in [2.45, 2.75) is 18.9 Å². The van der Waals surface area contributed by atoms with E-state index in [1.165, 1.54) is 12.1 Å². The first-order chi connectivity index (χ1) is 8.58. The Bertz CT molecular complexity index is 467. The second-order valence-corrected chi connectivity index (χ2v) is 5.81. The van der Waals surface area contributed by atoms with Gasteiger partial charge in [0.2, 0.25) is 0 Å². The topological polar surface area (TPSA) is 41.1 Å². The van der Waals surface area contributed by atoms with Crippen LogP contribution in [0.15, 0.2) is 12.1 Å². The summed E-state index contributed by atoms with van der Waals surface area (Å²) < 4.78 is 13.6. The molecule has 0 radical (unpaired) electrons. The fraction of sp³-hybridized carbons (Fsp3) is 0.417.